The van der Waals surface area contributed by atoms with Crippen LogP contribution in [-0.4, -0.2) is 48.7 Å². The SMILES string of the molecule is CC(C)(C)OC(=O)N[C@@H](Cc1nc(-c2nc(-c3nc(-c4nc(C#N)cs4)cs3)cs2)cs1)C(=O)O. The zero-order valence-electron chi connectivity index (χ0n) is 18.6. The highest BCUT2D eigenvalue weighted by molar-refractivity contribution is 7.16. The van der Waals surface area contributed by atoms with Gasteiger partial charge in [-0.05, 0) is 20.8 Å². The van der Waals surface area contributed by atoms with E-state index in [4.69, 9.17) is 10.00 Å². The van der Waals surface area contributed by atoms with E-state index in [1.807, 2.05) is 16.8 Å². The molecule has 1 atom stereocenters. The molecule has 4 heterocycles. The van der Waals surface area contributed by atoms with Crippen LogP contribution >= 0.6 is 45.3 Å². The van der Waals surface area contributed by atoms with Crippen molar-refractivity contribution < 1.29 is 19.4 Å². The summed E-state index contributed by atoms with van der Waals surface area (Å²) in [5.74, 6) is -1.18. The first-order valence-corrected chi connectivity index (χ1v) is 13.6. The Kier molecular flexibility index (Phi) is 7.22. The van der Waals surface area contributed by atoms with Crippen LogP contribution in [0.5, 0.6) is 0 Å². The molecule has 0 aromatic carbocycles. The fraction of sp³-hybridized carbons (Fsp3) is 0.286. The molecular weight excluding hydrogens is 529 g/mol. The van der Waals surface area contributed by atoms with E-state index in [-0.39, 0.29) is 6.42 Å². The van der Waals surface area contributed by atoms with Gasteiger partial charge in [0.2, 0.25) is 0 Å². The Hall–Kier alpha value is -3.25. The molecule has 2 N–H and O–H groups in total. The Bertz CT molecular complexity index is 1410. The molecule has 0 aliphatic rings. The smallest absolute Gasteiger partial charge is 0.408 e. The summed E-state index contributed by atoms with van der Waals surface area (Å²) in [4.78, 5) is 41.6. The summed E-state index contributed by atoms with van der Waals surface area (Å²) in [6.45, 7) is 5.11. The predicted molar refractivity (Wildman–Crippen MR) is 135 cm³/mol. The molecule has 4 aromatic rings. The number of amides is 1. The lowest BCUT2D eigenvalue weighted by Gasteiger charge is -2.21. The van der Waals surface area contributed by atoms with E-state index in [1.54, 1.807) is 31.5 Å². The zero-order chi connectivity index (χ0) is 25.2. The second kappa shape index (κ2) is 10.2. The standard InChI is InChI=1S/C21H18N6O4S4/c1-21(2,3)31-20(30)27-11(19(28)29)4-15-24-12(7-32-15)17-26-14(9-34-17)18-25-13(8-35-18)16-23-10(5-22)6-33-16/h6-9,11H,4H2,1-3H3,(H,27,30)(H,28,29)/t11-/m0/s1. The summed E-state index contributed by atoms with van der Waals surface area (Å²) in [6, 6.07) is 0.844. The van der Waals surface area contributed by atoms with Crippen molar-refractivity contribution in [1.29, 1.82) is 5.26 Å². The molecule has 0 fully saturated rings. The summed E-state index contributed by atoms with van der Waals surface area (Å²) in [6.07, 6.45) is -0.776. The van der Waals surface area contributed by atoms with Gasteiger partial charge < -0.3 is 15.2 Å². The highest BCUT2D eigenvalue weighted by atomic mass is 32.1. The largest absolute Gasteiger partial charge is 0.480 e. The average Bonchev–Trinajstić information content (AvgIpc) is 3.57. The lowest BCUT2D eigenvalue weighted by molar-refractivity contribution is -0.139. The third kappa shape index (κ3) is 6.25. The maximum absolute atomic E-state index is 12.0. The monoisotopic (exact) mass is 546 g/mol. The van der Waals surface area contributed by atoms with Crippen LogP contribution in [0.2, 0.25) is 0 Å². The van der Waals surface area contributed by atoms with Crippen LogP contribution in [0.15, 0.2) is 21.5 Å². The molecule has 0 aliphatic carbocycles. The van der Waals surface area contributed by atoms with Crippen LogP contribution in [-0.2, 0) is 16.0 Å². The van der Waals surface area contributed by atoms with Crippen molar-refractivity contribution in [3.8, 4) is 38.2 Å². The number of rotatable bonds is 7. The molecule has 0 bridgehead atoms. The van der Waals surface area contributed by atoms with E-state index < -0.39 is 23.7 Å². The van der Waals surface area contributed by atoms with E-state index in [9.17, 15) is 14.7 Å². The molecule has 4 rings (SSSR count). The van der Waals surface area contributed by atoms with Crippen LogP contribution in [0.3, 0.4) is 0 Å². The molecule has 1 amide bonds. The van der Waals surface area contributed by atoms with E-state index in [0.717, 1.165) is 5.01 Å². The van der Waals surface area contributed by atoms with Crippen LogP contribution in [0.25, 0.3) is 32.1 Å². The fourth-order valence-electron chi connectivity index (χ4n) is 2.75. The van der Waals surface area contributed by atoms with Gasteiger partial charge in [0.15, 0.2) is 5.69 Å². The highest BCUT2D eigenvalue weighted by Crippen LogP contribution is 2.34. The summed E-state index contributed by atoms with van der Waals surface area (Å²) in [7, 11) is 0. The van der Waals surface area contributed by atoms with Crippen molar-refractivity contribution in [2.24, 2.45) is 0 Å². The van der Waals surface area contributed by atoms with Crippen LogP contribution in [0, 0.1) is 11.3 Å². The number of aromatic nitrogens is 4. The maximum atomic E-state index is 12.0. The summed E-state index contributed by atoms with van der Waals surface area (Å²) in [5, 5.41) is 30.7. The number of thiazole rings is 4. The minimum absolute atomic E-state index is 0.0197. The van der Waals surface area contributed by atoms with Gasteiger partial charge in [-0.3, -0.25) is 0 Å². The number of aliphatic carboxylic acids is 1. The molecule has 35 heavy (non-hydrogen) atoms. The van der Waals surface area contributed by atoms with Gasteiger partial charge in [0.1, 0.15) is 49.8 Å². The molecule has 0 aliphatic heterocycles. The van der Waals surface area contributed by atoms with Gasteiger partial charge in [0.25, 0.3) is 0 Å². The fourth-order valence-corrected chi connectivity index (χ4v) is 6.03. The molecule has 0 saturated heterocycles. The number of hydrogen-bond acceptors (Lipinski definition) is 12. The minimum Gasteiger partial charge on any atom is -0.480 e. The number of alkyl carbamates (subject to hydrolysis) is 1. The minimum atomic E-state index is -1.18. The molecule has 0 spiro atoms. The number of carboxylic acids is 1. The predicted octanol–water partition coefficient (Wildman–Crippen LogP) is 4.91. The Labute approximate surface area is 216 Å². The van der Waals surface area contributed by atoms with E-state index >= 15 is 0 Å². The molecular formula is C21H18N6O4S4. The number of hydrogen-bond donors (Lipinski definition) is 2. The van der Waals surface area contributed by atoms with Gasteiger partial charge in [0, 0.05) is 27.9 Å². The molecule has 0 radical (unpaired) electrons. The van der Waals surface area contributed by atoms with Crippen molar-refractivity contribution in [1.82, 2.24) is 25.3 Å². The van der Waals surface area contributed by atoms with Crippen LogP contribution < -0.4 is 5.32 Å². The zero-order valence-corrected chi connectivity index (χ0v) is 21.9. The van der Waals surface area contributed by atoms with Gasteiger partial charge in [-0.1, -0.05) is 0 Å². The normalized spacial score (nSPS) is 12.2. The molecule has 0 saturated carbocycles. The molecule has 0 unspecified atom stereocenters. The third-order valence-electron chi connectivity index (χ3n) is 4.20. The Balaban J connectivity index is 1.45. The van der Waals surface area contributed by atoms with Gasteiger partial charge >= 0.3 is 12.1 Å². The summed E-state index contributed by atoms with van der Waals surface area (Å²) >= 11 is 5.49. The first kappa shape index (κ1) is 24.9. The Morgan fingerprint density at radius 1 is 0.971 bits per heavy atom. The number of carbonyl (C=O) groups is 2. The van der Waals surface area contributed by atoms with E-state index in [2.05, 4.69) is 25.3 Å². The molecule has 14 heteroatoms. The first-order chi connectivity index (χ1) is 16.6. The van der Waals surface area contributed by atoms with Gasteiger partial charge in [-0.25, -0.2) is 29.5 Å². The third-order valence-corrected chi connectivity index (χ3v) is 7.67. The second-order valence-corrected chi connectivity index (χ2v) is 11.6. The number of carbonyl (C=O) groups excluding carboxylic acids is 1. The number of nitrogens with one attached hydrogen (secondary N) is 1. The quantitative estimate of drug-likeness (QED) is 0.329. The second-order valence-electron chi connectivity index (χ2n) is 8.09. The lowest BCUT2D eigenvalue weighted by Crippen LogP contribution is -2.44. The summed E-state index contributed by atoms with van der Waals surface area (Å²) in [5.41, 5.74) is 1.64. The van der Waals surface area contributed by atoms with E-state index in [1.165, 1.54) is 45.3 Å². The Morgan fingerprint density at radius 2 is 1.51 bits per heavy atom. The van der Waals surface area contributed by atoms with Crippen molar-refractivity contribution in [3.05, 3.63) is 32.2 Å². The summed E-state index contributed by atoms with van der Waals surface area (Å²) < 4.78 is 5.15. The van der Waals surface area contributed by atoms with Crippen molar-refractivity contribution in [2.75, 3.05) is 0 Å². The highest BCUT2D eigenvalue weighted by Gasteiger charge is 2.25. The number of ether oxygens (including phenoxy) is 1. The van der Waals surface area contributed by atoms with Crippen molar-refractivity contribution >= 4 is 57.4 Å². The number of nitrogens with zero attached hydrogens (tertiary/aromatic N) is 5. The maximum Gasteiger partial charge on any atom is 0.408 e. The van der Waals surface area contributed by atoms with Gasteiger partial charge in [0.05, 0.1) is 5.01 Å². The molecule has 10 nitrogen and oxygen atoms in total. The first-order valence-electron chi connectivity index (χ1n) is 10.1. The molecule has 180 valence electrons. The van der Waals surface area contributed by atoms with Crippen molar-refractivity contribution in [2.45, 2.75) is 38.8 Å². The Morgan fingerprint density at radius 3 is 2.06 bits per heavy atom. The van der Waals surface area contributed by atoms with Crippen LogP contribution in [0.1, 0.15) is 31.5 Å². The lowest BCUT2D eigenvalue weighted by atomic mass is 10.2. The number of carboxylic acid groups (broad SMARTS) is 1. The topological polar surface area (TPSA) is 151 Å². The number of nitriles is 1. The van der Waals surface area contributed by atoms with E-state index in [0.29, 0.717) is 37.8 Å². The van der Waals surface area contributed by atoms with Crippen LogP contribution in [0.4, 0.5) is 4.79 Å². The van der Waals surface area contributed by atoms with Gasteiger partial charge in [-0.2, -0.15) is 5.26 Å². The van der Waals surface area contributed by atoms with Gasteiger partial charge in [-0.15, -0.1) is 45.3 Å². The molecule has 4 aromatic heterocycles. The van der Waals surface area contributed by atoms with Crippen molar-refractivity contribution in [3.63, 3.8) is 0 Å². The average molecular weight is 547 g/mol.